The number of amides is 1. The highest BCUT2D eigenvalue weighted by Crippen LogP contribution is 2.13. The molecule has 0 aliphatic carbocycles. The van der Waals surface area contributed by atoms with Gasteiger partial charge in [0, 0.05) is 0 Å². The summed E-state index contributed by atoms with van der Waals surface area (Å²) in [6, 6.07) is 6.22. The summed E-state index contributed by atoms with van der Waals surface area (Å²) in [5.74, 6) is -1.08. The maximum absolute atomic E-state index is 11.0. The fourth-order valence-electron chi connectivity index (χ4n) is 1.06. The van der Waals surface area contributed by atoms with Crippen LogP contribution in [0.4, 0.5) is 10.5 Å². The summed E-state index contributed by atoms with van der Waals surface area (Å²) >= 11 is 0. The van der Waals surface area contributed by atoms with Crippen LogP contribution >= 0.6 is 0 Å². The van der Waals surface area contributed by atoms with Crippen LogP contribution in [0.25, 0.3) is 0 Å². The standard InChI is InChI=1S/C10H12N2O4/c1-2-16-10(15)12-11-8-6-4-3-5-7(8)9(13)14/h3-6,11H,2H2,1H3,(H,12,15)(H,13,14). The Kier molecular flexibility index (Phi) is 4.14. The van der Waals surface area contributed by atoms with Crippen molar-refractivity contribution in [3.8, 4) is 0 Å². The molecule has 0 atom stereocenters. The summed E-state index contributed by atoms with van der Waals surface area (Å²) in [7, 11) is 0. The van der Waals surface area contributed by atoms with Crippen molar-refractivity contribution in [1.29, 1.82) is 0 Å². The maximum Gasteiger partial charge on any atom is 0.425 e. The molecule has 0 spiro atoms. The number of carboxylic acid groups (broad SMARTS) is 1. The van der Waals surface area contributed by atoms with E-state index in [4.69, 9.17) is 5.11 Å². The van der Waals surface area contributed by atoms with E-state index in [2.05, 4.69) is 15.6 Å². The van der Waals surface area contributed by atoms with Crippen LogP contribution in [0.1, 0.15) is 17.3 Å². The van der Waals surface area contributed by atoms with Gasteiger partial charge in [-0.25, -0.2) is 15.0 Å². The second-order valence-electron chi connectivity index (χ2n) is 2.82. The molecule has 6 nitrogen and oxygen atoms in total. The summed E-state index contributed by atoms with van der Waals surface area (Å²) in [5.41, 5.74) is 5.06. The van der Waals surface area contributed by atoms with Gasteiger partial charge in [-0.3, -0.25) is 5.43 Å². The number of ether oxygens (including phenoxy) is 1. The quantitative estimate of drug-likeness (QED) is 0.674. The molecule has 6 heteroatoms. The molecule has 3 N–H and O–H groups in total. The van der Waals surface area contributed by atoms with Crippen molar-refractivity contribution in [2.24, 2.45) is 0 Å². The first kappa shape index (κ1) is 11.8. The predicted molar refractivity (Wildman–Crippen MR) is 57.2 cm³/mol. The average Bonchev–Trinajstić information content (AvgIpc) is 2.27. The average molecular weight is 224 g/mol. The van der Waals surface area contributed by atoms with Crippen LogP contribution in [-0.4, -0.2) is 23.8 Å². The number of rotatable bonds is 4. The second-order valence-corrected chi connectivity index (χ2v) is 2.82. The molecule has 0 aromatic heterocycles. The van der Waals surface area contributed by atoms with E-state index in [1.54, 1.807) is 19.1 Å². The van der Waals surface area contributed by atoms with E-state index in [-0.39, 0.29) is 12.2 Å². The zero-order chi connectivity index (χ0) is 12.0. The van der Waals surface area contributed by atoms with Gasteiger partial charge in [-0.1, -0.05) is 12.1 Å². The number of carbonyl (C=O) groups excluding carboxylic acids is 1. The summed E-state index contributed by atoms with van der Waals surface area (Å²) < 4.78 is 4.60. The Balaban J connectivity index is 2.66. The van der Waals surface area contributed by atoms with Gasteiger partial charge < -0.3 is 9.84 Å². The fourth-order valence-corrected chi connectivity index (χ4v) is 1.06. The molecular formula is C10H12N2O4. The minimum Gasteiger partial charge on any atom is -0.478 e. The van der Waals surface area contributed by atoms with Crippen LogP contribution in [0.15, 0.2) is 24.3 Å². The lowest BCUT2D eigenvalue weighted by molar-refractivity contribution is 0.0697. The zero-order valence-corrected chi connectivity index (χ0v) is 8.69. The predicted octanol–water partition coefficient (Wildman–Crippen LogP) is 1.46. The number of para-hydroxylation sites is 1. The van der Waals surface area contributed by atoms with Gasteiger partial charge in [-0.2, -0.15) is 0 Å². The third kappa shape index (κ3) is 3.16. The van der Waals surface area contributed by atoms with Gasteiger partial charge in [0.15, 0.2) is 0 Å². The molecule has 1 aromatic rings. The number of benzene rings is 1. The van der Waals surface area contributed by atoms with E-state index >= 15 is 0 Å². The van der Waals surface area contributed by atoms with Crippen molar-refractivity contribution in [2.75, 3.05) is 12.0 Å². The van der Waals surface area contributed by atoms with Crippen LogP contribution < -0.4 is 10.9 Å². The van der Waals surface area contributed by atoms with Crippen molar-refractivity contribution in [1.82, 2.24) is 5.43 Å². The highest BCUT2D eigenvalue weighted by atomic mass is 16.5. The SMILES string of the molecule is CCOC(=O)NNc1ccccc1C(=O)O. The number of anilines is 1. The third-order valence-electron chi connectivity index (χ3n) is 1.73. The molecule has 0 unspecified atom stereocenters. The van der Waals surface area contributed by atoms with E-state index in [1.165, 1.54) is 12.1 Å². The Labute approximate surface area is 92.2 Å². The molecule has 86 valence electrons. The molecule has 16 heavy (non-hydrogen) atoms. The van der Waals surface area contributed by atoms with Gasteiger partial charge in [0.1, 0.15) is 0 Å². The topological polar surface area (TPSA) is 87.7 Å². The summed E-state index contributed by atoms with van der Waals surface area (Å²) in [5, 5.41) is 8.85. The third-order valence-corrected chi connectivity index (χ3v) is 1.73. The van der Waals surface area contributed by atoms with E-state index in [1.807, 2.05) is 0 Å². The number of carboxylic acids is 1. The van der Waals surface area contributed by atoms with Gasteiger partial charge in [-0.15, -0.1) is 0 Å². The van der Waals surface area contributed by atoms with Crippen LogP contribution in [0.3, 0.4) is 0 Å². The van der Waals surface area contributed by atoms with Crippen LogP contribution in [0.2, 0.25) is 0 Å². The fraction of sp³-hybridized carbons (Fsp3) is 0.200. The lowest BCUT2D eigenvalue weighted by atomic mass is 10.2. The zero-order valence-electron chi connectivity index (χ0n) is 8.69. The van der Waals surface area contributed by atoms with Crippen molar-refractivity contribution >= 4 is 17.7 Å². The largest absolute Gasteiger partial charge is 0.478 e. The normalized spacial score (nSPS) is 9.31. The molecule has 0 saturated heterocycles. The van der Waals surface area contributed by atoms with Crippen LogP contribution in [-0.2, 0) is 4.74 Å². The van der Waals surface area contributed by atoms with Crippen LogP contribution in [0, 0.1) is 0 Å². The first-order chi connectivity index (χ1) is 7.65. The smallest absolute Gasteiger partial charge is 0.425 e. The molecule has 0 aliphatic heterocycles. The van der Waals surface area contributed by atoms with Crippen molar-refractivity contribution in [3.05, 3.63) is 29.8 Å². The first-order valence-electron chi connectivity index (χ1n) is 4.66. The Bertz CT molecular complexity index is 392. The number of hydrogen-bond acceptors (Lipinski definition) is 4. The lowest BCUT2D eigenvalue weighted by Crippen LogP contribution is -2.30. The lowest BCUT2D eigenvalue weighted by Gasteiger charge is -2.10. The number of hydrazine groups is 1. The minimum absolute atomic E-state index is 0.0688. The molecule has 0 radical (unpaired) electrons. The van der Waals surface area contributed by atoms with E-state index in [0.717, 1.165) is 0 Å². The second kappa shape index (κ2) is 5.59. The number of carbonyl (C=O) groups is 2. The van der Waals surface area contributed by atoms with Crippen molar-refractivity contribution in [2.45, 2.75) is 6.92 Å². The summed E-state index contributed by atoms with van der Waals surface area (Å²) in [6.45, 7) is 1.92. The van der Waals surface area contributed by atoms with Crippen LogP contribution in [0.5, 0.6) is 0 Å². The van der Waals surface area contributed by atoms with Gasteiger partial charge in [0.05, 0.1) is 17.9 Å². The molecule has 0 fully saturated rings. The Hall–Kier alpha value is -2.24. The van der Waals surface area contributed by atoms with Gasteiger partial charge >= 0.3 is 12.1 Å². The summed E-state index contributed by atoms with van der Waals surface area (Å²) in [6.07, 6.45) is -0.664. The number of nitrogens with one attached hydrogen (secondary N) is 2. The molecule has 1 rings (SSSR count). The van der Waals surface area contributed by atoms with Crippen molar-refractivity contribution in [3.63, 3.8) is 0 Å². The Morgan fingerprint density at radius 2 is 2.06 bits per heavy atom. The summed E-state index contributed by atoms with van der Waals surface area (Å²) in [4.78, 5) is 21.8. The monoisotopic (exact) mass is 224 g/mol. The van der Waals surface area contributed by atoms with Crippen molar-refractivity contribution < 1.29 is 19.4 Å². The molecule has 0 aliphatic rings. The van der Waals surface area contributed by atoms with E-state index in [0.29, 0.717) is 5.69 Å². The maximum atomic E-state index is 11.0. The Morgan fingerprint density at radius 3 is 2.69 bits per heavy atom. The Morgan fingerprint density at radius 1 is 1.38 bits per heavy atom. The minimum atomic E-state index is -1.08. The molecule has 0 heterocycles. The van der Waals surface area contributed by atoms with Gasteiger partial charge in [0.2, 0.25) is 0 Å². The van der Waals surface area contributed by atoms with E-state index in [9.17, 15) is 9.59 Å². The number of aromatic carboxylic acids is 1. The first-order valence-corrected chi connectivity index (χ1v) is 4.66. The van der Waals surface area contributed by atoms with E-state index < -0.39 is 12.1 Å². The highest BCUT2D eigenvalue weighted by molar-refractivity contribution is 5.94. The number of hydrogen-bond donors (Lipinski definition) is 3. The molecule has 1 amide bonds. The molecular weight excluding hydrogens is 212 g/mol. The molecule has 0 bridgehead atoms. The molecule has 0 saturated carbocycles. The van der Waals surface area contributed by atoms with Gasteiger partial charge in [-0.05, 0) is 19.1 Å². The van der Waals surface area contributed by atoms with Gasteiger partial charge in [0.25, 0.3) is 0 Å². The molecule has 1 aromatic carbocycles. The highest BCUT2D eigenvalue weighted by Gasteiger charge is 2.09.